The minimum Gasteiger partial charge on any atom is -0.493 e. The van der Waals surface area contributed by atoms with Gasteiger partial charge in [0.05, 0.1) is 21.3 Å². The number of nitrogens with zero attached hydrogens (tertiary/aromatic N) is 3. The van der Waals surface area contributed by atoms with Gasteiger partial charge in [0.15, 0.2) is 17.3 Å². The lowest BCUT2D eigenvalue weighted by atomic mass is 10.0. The Bertz CT molecular complexity index is 951. The number of carbonyl (C=O) groups is 1. The molecule has 1 aromatic carbocycles. The molecule has 1 saturated carbocycles. The van der Waals surface area contributed by atoms with Gasteiger partial charge in [-0.05, 0) is 57.1 Å². The summed E-state index contributed by atoms with van der Waals surface area (Å²) in [6, 6.07) is 3.96. The third-order valence-electron chi connectivity index (χ3n) is 6.26. The first-order chi connectivity index (χ1) is 15.5. The summed E-state index contributed by atoms with van der Waals surface area (Å²) in [6.45, 7) is 3.77. The van der Waals surface area contributed by atoms with Crippen LogP contribution in [0.25, 0.3) is 11.4 Å². The van der Waals surface area contributed by atoms with Crippen molar-refractivity contribution in [1.29, 1.82) is 0 Å². The molecule has 0 bridgehead atoms. The molecule has 1 saturated heterocycles. The number of methoxy groups -OCH3 is 3. The summed E-state index contributed by atoms with van der Waals surface area (Å²) in [5.74, 6) is 3.27. The van der Waals surface area contributed by atoms with Crippen LogP contribution >= 0.6 is 0 Å². The largest absolute Gasteiger partial charge is 0.493 e. The summed E-state index contributed by atoms with van der Waals surface area (Å²) in [4.78, 5) is 24.7. The Morgan fingerprint density at radius 2 is 1.81 bits per heavy atom. The molecule has 2 heterocycles. The van der Waals surface area contributed by atoms with Gasteiger partial charge in [0, 0.05) is 30.9 Å². The number of rotatable bonds is 8. The van der Waals surface area contributed by atoms with Crippen molar-refractivity contribution in [2.75, 3.05) is 39.3 Å². The zero-order valence-corrected chi connectivity index (χ0v) is 19.3. The van der Waals surface area contributed by atoms with E-state index in [9.17, 15) is 4.79 Å². The number of nitrogens with one attached hydrogen (secondary N) is 1. The van der Waals surface area contributed by atoms with Crippen molar-refractivity contribution in [1.82, 2.24) is 15.3 Å². The summed E-state index contributed by atoms with van der Waals surface area (Å²) in [6.07, 6.45) is 7.36. The van der Waals surface area contributed by atoms with E-state index in [4.69, 9.17) is 19.2 Å². The van der Waals surface area contributed by atoms with Crippen LogP contribution in [-0.4, -0.2) is 56.3 Å². The smallest absolute Gasteiger partial charge is 0.256 e. The Labute approximate surface area is 189 Å². The van der Waals surface area contributed by atoms with Crippen LogP contribution in [0.5, 0.6) is 17.2 Å². The highest BCUT2D eigenvalue weighted by Crippen LogP contribution is 2.41. The van der Waals surface area contributed by atoms with Gasteiger partial charge in [0.25, 0.3) is 5.91 Å². The van der Waals surface area contributed by atoms with Crippen LogP contribution in [0.2, 0.25) is 0 Å². The van der Waals surface area contributed by atoms with Gasteiger partial charge >= 0.3 is 0 Å². The fraction of sp³-hybridized carbons (Fsp3) is 0.542. The number of amides is 1. The fourth-order valence-electron chi connectivity index (χ4n) is 4.17. The van der Waals surface area contributed by atoms with Crippen LogP contribution < -0.4 is 24.4 Å². The summed E-state index contributed by atoms with van der Waals surface area (Å²) in [5, 5.41) is 3.06. The van der Waals surface area contributed by atoms with Gasteiger partial charge < -0.3 is 24.4 Å². The van der Waals surface area contributed by atoms with E-state index in [1.165, 1.54) is 19.3 Å². The molecule has 0 unspecified atom stereocenters. The van der Waals surface area contributed by atoms with E-state index in [0.29, 0.717) is 53.0 Å². The molecule has 0 spiro atoms. The molecule has 1 amide bonds. The number of ether oxygens (including phenoxy) is 3. The molecule has 1 atom stereocenters. The van der Waals surface area contributed by atoms with E-state index in [1.807, 2.05) is 12.1 Å². The summed E-state index contributed by atoms with van der Waals surface area (Å²) in [5.41, 5.74) is 1.26. The van der Waals surface area contributed by atoms with Crippen molar-refractivity contribution in [2.45, 2.75) is 45.1 Å². The second kappa shape index (κ2) is 9.63. The summed E-state index contributed by atoms with van der Waals surface area (Å²) >= 11 is 0. The Morgan fingerprint density at radius 3 is 2.41 bits per heavy atom. The van der Waals surface area contributed by atoms with Gasteiger partial charge in [-0.3, -0.25) is 4.79 Å². The Morgan fingerprint density at radius 1 is 1.09 bits per heavy atom. The number of carbonyl (C=O) groups excluding carboxylic acids is 1. The number of piperidine rings is 1. The molecule has 8 nitrogen and oxygen atoms in total. The molecule has 2 aliphatic rings. The summed E-state index contributed by atoms with van der Waals surface area (Å²) < 4.78 is 16.4. The third-order valence-corrected chi connectivity index (χ3v) is 6.26. The maximum Gasteiger partial charge on any atom is 0.256 e. The maximum atomic E-state index is 13.0. The maximum absolute atomic E-state index is 13.0. The molecular formula is C24H32N4O4. The second-order valence-corrected chi connectivity index (χ2v) is 8.54. The molecule has 1 aromatic heterocycles. The molecule has 1 N–H and O–H groups in total. The number of benzene rings is 1. The first-order valence-electron chi connectivity index (χ1n) is 11.3. The lowest BCUT2D eigenvalue weighted by Crippen LogP contribution is -2.40. The van der Waals surface area contributed by atoms with E-state index in [0.717, 1.165) is 24.9 Å². The highest BCUT2D eigenvalue weighted by atomic mass is 16.5. The molecule has 32 heavy (non-hydrogen) atoms. The molecule has 1 aliphatic carbocycles. The lowest BCUT2D eigenvalue weighted by molar-refractivity contribution is 0.0951. The van der Waals surface area contributed by atoms with Crippen molar-refractivity contribution < 1.29 is 19.0 Å². The molecule has 8 heteroatoms. The third kappa shape index (κ3) is 4.59. The van der Waals surface area contributed by atoms with Gasteiger partial charge in [-0.25, -0.2) is 9.97 Å². The van der Waals surface area contributed by atoms with E-state index in [2.05, 4.69) is 22.1 Å². The highest BCUT2D eigenvalue weighted by Gasteiger charge is 2.28. The Hall–Kier alpha value is -3.03. The molecule has 2 fully saturated rings. The van der Waals surface area contributed by atoms with Crippen molar-refractivity contribution in [3.63, 3.8) is 0 Å². The topological polar surface area (TPSA) is 85.8 Å². The molecule has 172 valence electrons. The first kappa shape index (κ1) is 22.2. The van der Waals surface area contributed by atoms with E-state index < -0.39 is 0 Å². The zero-order chi connectivity index (χ0) is 22.7. The van der Waals surface area contributed by atoms with Crippen LogP contribution in [0.4, 0.5) is 5.82 Å². The molecule has 1 aliphatic heterocycles. The van der Waals surface area contributed by atoms with Crippen molar-refractivity contribution in [3.8, 4) is 28.6 Å². The average Bonchev–Trinajstić information content (AvgIpc) is 3.66. The Kier molecular flexibility index (Phi) is 6.67. The van der Waals surface area contributed by atoms with Gasteiger partial charge in [0.2, 0.25) is 5.75 Å². The van der Waals surface area contributed by atoms with E-state index in [-0.39, 0.29) is 5.91 Å². The monoisotopic (exact) mass is 440 g/mol. The van der Waals surface area contributed by atoms with E-state index >= 15 is 0 Å². The average molecular weight is 441 g/mol. The predicted molar refractivity (Wildman–Crippen MR) is 123 cm³/mol. The van der Waals surface area contributed by atoms with Crippen molar-refractivity contribution in [3.05, 3.63) is 23.9 Å². The zero-order valence-electron chi connectivity index (χ0n) is 19.3. The van der Waals surface area contributed by atoms with Gasteiger partial charge in [-0.2, -0.15) is 0 Å². The SMILES string of the molecule is COc1cc(-c2ncc(C(=O)NCC3CC3)c(N3CCCC[C@@H]3C)n2)cc(OC)c1OC. The predicted octanol–water partition coefficient (Wildman–Crippen LogP) is 3.69. The van der Waals surface area contributed by atoms with Crippen LogP contribution in [0.3, 0.4) is 0 Å². The molecule has 2 aromatic rings. The van der Waals surface area contributed by atoms with Crippen molar-refractivity contribution in [2.24, 2.45) is 5.92 Å². The van der Waals surface area contributed by atoms with Crippen LogP contribution in [0, 0.1) is 5.92 Å². The Balaban J connectivity index is 1.75. The first-order valence-corrected chi connectivity index (χ1v) is 11.3. The summed E-state index contributed by atoms with van der Waals surface area (Å²) in [7, 11) is 4.73. The van der Waals surface area contributed by atoms with Gasteiger partial charge in [-0.1, -0.05) is 0 Å². The standard InChI is InChI=1S/C24H32N4O4/c1-15-7-5-6-10-28(15)23-18(24(29)26-13-16-8-9-16)14-25-22(27-23)17-11-19(30-2)21(32-4)20(12-17)31-3/h11-12,14-16H,5-10,13H2,1-4H3,(H,26,29)/t15-/m0/s1. The minimum atomic E-state index is -0.110. The highest BCUT2D eigenvalue weighted by molar-refractivity contribution is 5.99. The fourth-order valence-corrected chi connectivity index (χ4v) is 4.17. The minimum absolute atomic E-state index is 0.110. The van der Waals surface area contributed by atoms with Crippen LogP contribution in [0.15, 0.2) is 18.3 Å². The number of anilines is 1. The second-order valence-electron chi connectivity index (χ2n) is 8.54. The van der Waals surface area contributed by atoms with Gasteiger partial charge in [0.1, 0.15) is 11.4 Å². The van der Waals surface area contributed by atoms with Crippen molar-refractivity contribution >= 4 is 11.7 Å². The normalized spacial score (nSPS) is 18.2. The lowest BCUT2D eigenvalue weighted by Gasteiger charge is -2.35. The molecule has 4 rings (SSSR count). The van der Waals surface area contributed by atoms with E-state index in [1.54, 1.807) is 27.5 Å². The number of aromatic nitrogens is 2. The quantitative estimate of drug-likeness (QED) is 0.670. The molecular weight excluding hydrogens is 408 g/mol. The van der Waals surface area contributed by atoms with Crippen LogP contribution in [-0.2, 0) is 0 Å². The van der Waals surface area contributed by atoms with Crippen LogP contribution in [0.1, 0.15) is 49.4 Å². The van der Waals surface area contributed by atoms with Gasteiger partial charge in [-0.15, -0.1) is 0 Å². The number of hydrogen-bond acceptors (Lipinski definition) is 7. The molecule has 0 radical (unpaired) electrons. The number of hydrogen-bond donors (Lipinski definition) is 1.